The molecule has 88 valence electrons. The number of methoxy groups -OCH3 is 1. The third-order valence-electron chi connectivity index (χ3n) is 1.95. The summed E-state index contributed by atoms with van der Waals surface area (Å²) >= 11 is 0. The summed E-state index contributed by atoms with van der Waals surface area (Å²) < 4.78 is 9.95. The molecule has 0 spiro atoms. The lowest BCUT2D eigenvalue weighted by molar-refractivity contribution is -0.134. The molecule has 0 bridgehead atoms. The zero-order valence-electron chi connectivity index (χ0n) is 9.82. The zero-order chi connectivity index (χ0) is 12.0. The largest absolute Gasteiger partial charge is 0.466 e. The number of nitrogens with one attached hydrogen (secondary N) is 1. The smallest absolute Gasteiger partial charge is 0.330 e. The van der Waals surface area contributed by atoms with Gasteiger partial charge >= 0.3 is 5.97 Å². The molecule has 0 unspecified atom stereocenters. The molecule has 0 radical (unpaired) electrons. The Morgan fingerprint density at radius 1 is 1.56 bits per heavy atom. The Morgan fingerprint density at radius 3 is 2.94 bits per heavy atom. The summed E-state index contributed by atoms with van der Waals surface area (Å²) in [6.45, 7) is 4.83. The van der Waals surface area contributed by atoms with Crippen LogP contribution in [0.25, 0.3) is 6.08 Å². The van der Waals surface area contributed by atoms with E-state index in [9.17, 15) is 4.79 Å². The van der Waals surface area contributed by atoms with Crippen LogP contribution in [0.4, 0.5) is 0 Å². The van der Waals surface area contributed by atoms with Crippen molar-refractivity contribution in [1.29, 1.82) is 0 Å². The minimum Gasteiger partial charge on any atom is -0.466 e. The van der Waals surface area contributed by atoms with Gasteiger partial charge in [-0.15, -0.1) is 0 Å². The average Bonchev–Trinajstić information content (AvgIpc) is 2.71. The SMILES string of the molecule is COC(=O)/C=C/c1ccc(CNC(C)C)o1. The normalized spacial score (nSPS) is 11.2. The van der Waals surface area contributed by atoms with Crippen LogP contribution >= 0.6 is 0 Å². The molecule has 4 heteroatoms. The predicted molar refractivity (Wildman–Crippen MR) is 61.7 cm³/mol. The van der Waals surface area contributed by atoms with Crippen LogP contribution in [-0.2, 0) is 16.1 Å². The van der Waals surface area contributed by atoms with Gasteiger partial charge in [0.05, 0.1) is 13.7 Å². The van der Waals surface area contributed by atoms with Gasteiger partial charge in [-0.1, -0.05) is 13.8 Å². The van der Waals surface area contributed by atoms with Crippen molar-refractivity contribution < 1.29 is 13.9 Å². The van der Waals surface area contributed by atoms with Crippen molar-refractivity contribution in [3.05, 3.63) is 29.7 Å². The van der Waals surface area contributed by atoms with E-state index in [2.05, 4.69) is 23.9 Å². The second kappa shape index (κ2) is 6.12. The van der Waals surface area contributed by atoms with Crippen LogP contribution in [0.2, 0.25) is 0 Å². The number of esters is 1. The lowest BCUT2D eigenvalue weighted by atomic mass is 10.3. The fourth-order valence-corrected chi connectivity index (χ4v) is 1.10. The predicted octanol–water partition coefficient (Wildman–Crippen LogP) is 1.96. The van der Waals surface area contributed by atoms with Crippen LogP contribution in [0.1, 0.15) is 25.4 Å². The molecule has 1 aromatic heterocycles. The van der Waals surface area contributed by atoms with E-state index in [0.29, 0.717) is 18.3 Å². The van der Waals surface area contributed by atoms with Gasteiger partial charge in [-0.2, -0.15) is 0 Å². The maximum absolute atomic E-state index is 10.8. The molecule has 1 N–H and O–H groups in total. The number of carbonyl (C=O) groups excluding carboxylic acids is 1. The molecule has 0 saturated carbocycles. The first kappa shape index (κ1) is 12.5. The van der Waals surface area contributed by atoms with Gasteiger partial charge in [0, 0.05) is 12.1 Å². The van der Waals surface area contributed by atoms with Crippen molar-refractivity contribution in [2.45, 2.75) is 26.4 Å². The van der Waals surface area contributed by atoms with E-state index < -0.39 is 5.97 Å². The van der Waals surface area contributed by atoms with Crippen molar-refractivity contribution in [3.8, 4) is 0 Å². The third kappa shape index (κ3) is 4.31. The number of furan rings is 1. The number of ether oxygens (including phenoxy) is 1. The Morgan fingerprint density at radius 2 is 2.31 bits per heavy atom. The molecule has 0 aliphatic carbocycles. The van der Waals surface area contributed by atoms with E-state index in [1.54, 1.807) is 6.08 Å². The summed E-state index contributed by atoms with van der Waals surface area (Å²) in [5, 5.41) is 3.24. The standard InChI is InChI=1S/C12H17NO3/c1-9(2)13-8-11-5-4-10(16-11)6-7-12(14)15-3/h4-7,9,13H,8H2,1-3H3/b7-6+. The first-order valence-electron chi connectivity index (χ1n) is 5.20. The Balaban J connectivity index is 2.51. The van der Waals surface area contributed by atoms with Crippen molar-refractivity contribution in [1.82, 2.24) is 5.32 Å². The highest BCUT2D eigenvalue weighted by molar-refractivity contribution is 5.86. The topological polar surface area (TPSA) is 51.5 Å². The molecule has 1 aromatic rings. The summed E-state index contributed by atoms with van der Waals surface area (Å²) in [6, 6.07) is 4.11. The van der Waals surface area contributed by atoms with Gasteiger partial charge in [-0.3, -0.25) is 0 Å². The Bertz CT molecular complexity index is 366. The lowest BCUT2D eigenvalue weighted by Gasteiger charge is -2.04. The van der Waals surface area contributed by atoms with Gasteiger partial charge < -0.3 is 14.5 Å². The van der Waals surface area contributed by atoms with Crippen molar-refractivity contribution in [2.24, 2.45) is 0 Å². The van der Waals surface area contributed by atoms with E-state index in [1.807, 2.05) is 12.1 Å². The second-order valence-corrected chi connectivity index (χ2v) is 3.70. The molecule has 1 rings (SSSR count). The van der Waals surface area contributed by atoms with Gasteiger partial charge in [0.2, 0.25) is 0 Å². The molecule has 0 atom stereocenters. The van der Waals surface area contributed by atoms with Crippen LogP contribution < -0.4 is 5.32 Å². The molecule has 0 aliphatic heterocycles. The highest BCUT2D eigenvalue weighted by atomic mass is 16.5. The molecule has 0 aromatic carbocycles. The van der Waals surface area contributed by atoms with E-state index in [0.717, 1.165) is 5.76 Å². The van der Waals surface area contributed by atoms with E-state index in [-0.39, 0.29) is 0 Å². The maximum atomic E-state index is 10.8. The van der Waals surface area contributed by atoms with Crippen LogP contribution in [0.15, 0.2) is 22.6 Å². The average molecular weight is 223 g/mol. The zero-order valence-corrected chi connectivity index (χ0v) is 9.82. The van der Waals surface area contributed by atoms with E-state index in [1.165, 1.54) is 13.2 Å². The number of hydrogen-bond acceptors (Lipinski definition) is 4. The van der Waals surface area contributed by atoms with Crippen molar-refractivity contribution in [2.75, 3.05) is 7.11 Å². The highest BCUT2D eigenvalue weighted by Gasteiger charge is 2.01. The minimum atomic E-state index is -0.391. The highest BCUT2D eigenvalue weighted by Crippen LogP contribution is 2.09. The third-order valence-corrected chi connectivity index (χ3v) is 1.95. The molecule has 0 amide bonds. The van der Waals surface area contributed by atoms with Gasteiger partial charge in [-0.25, -0.2) is 4.79 Å². The second-order valence-electron chi connectivity index (χ2n) is 3.70. The summed E-state index contributed by atoms with van der Waals surface area (Å²) in [6.07, 6.45) is 2.92. The molecule has 0 fully saturated rings. The van der Waals surface area contributed by atoms with Crippen molar-refractivity contribution >= 4 is 12.0 Å². The molecular formula is C12H17NO3. The summed E-state index contributed by atoms with van der Waals surface area (Å²) in [5.74, 6) is 1.10. The van der Waals surface area contributed by atoms with Crippen LogP contribution in [-0.4, -0.2) is 19.1 Å². The Labute approximate surface area is 95.3 Å². The molecule has 0 saturated heterocycles. The number of hydrogen-bond donors (Lipinski definition) is 1. The summed E-state index contributed by atoms with van der Waals surface area (Å²) in [7, 11) is 1.34. The molecule has 0 aliphatic rings. The fraction of sp³-hybridized carbons (Fsp3) is 0.417. The first-order valence-corrected chi connectivity index (χ1v) is 5.20. The van der Waals surface area contributed by atoms with Crippen LogP contribution in [0.5, 0.6) is 0 Å². The van der Waals surface area contributed by atoms with Gasteiger partial charge in [0.15, 0.2) is 0 Å². The van der Waals surface area contributed by atoms with E-state index in [4.69, 9.17) is 4.42 Å². The number of carbonyl (C=O) groups is 1. The first-order chi connectivity index (χ1) is 7.61. The Hall–Kier alpha value is -1.55. The lowest BCUT2D eigenvalue weighted by Crippen LogP contribution is -2.21. The monoisotopic (exact) mass is 223 g/mol. The van der Waals surface area contributed by atoms with E-state index >= 15 is 0 Å². The van der Waals surface area contributed by atoms with Crippen LogP contribution in [0, 0.1) is 0 Å². The van der Waals surface area contributed by atoms with Gasteiger partial charge in [0.25, 0.3) is 0 Å². The fourth-order valence-electron chi connectivity index (χ4n) is 1.10. The molecule has 4 nitrogen and oxygen atoms in total. The quantitative estimate of drug-likeness (QED) is 0.612. The maximum Gasteiger partial charge on any atom is 0.330 e. The Kier molecular flexibility index (Phi) is 4.79. The summed E-state index contributed by atoms with van der Waals surface area (Å²) in [5.41, 5.74) is 0. The van der Waals surface area contributed by atoms with Crippen molar-refractivity contribution in [3.63, 3.8) is 0 Å². The number of rotatable bonds is 5. The summed E-state index contributed by atoms with van der Waals surface area (Å²) in [4.78, 5) is 10.8. The molecule has 16 heavy (non-hydrogen) atoms. The minimum absolute atomic E-state index is 0.391. The van der Waals surface area contributed by atoms with Crippen LogP contribution in [0.3, 0.4) is 0 Å². The van der Waals surface area contributed by atoms with Gasteiger partial charge in [-0.05, 0) is 18.2 Å². The van der Waals surface area contributed by atoms with Gasteiger partial charge in [0.1, 0.15) is 11.5 Å². The molecule has 1 heterocycles. The molecular weight excluding hydrogens is 206 g/mol.